The van der Waals surface area contributed by atoms with Crippen molar-refractivity contribution < 1.29 is 13.2 Å². The van der Waals surface area contributed by atoms with Crippen molar-refractivity contribution in [3.8, 4) is 0 Å². The maximum absolute atomic E-state index is 13.9. The topological polar surface area (TPSA) is 70.6 Å². The second kappa shape index (κ2) is 10.5. The van der Waals surface area contributed by atoms with Gasteiger partial charge in [-0.15, -0.1) is 11.3 Å². The fourth-order valence-corrected chi connectivity index (χ4v) is 7.66. The number of halogens is 1. The van der Waals surface area contributed by atoms with Crippen LogP contribution in [0, 0.1) is 5.92 Å². The van der Waals surface area contributed by atoms with Gasteiger partial charge in [-0.05, 0) is 59.2 Å². The molecule has 0 radical (unpaired) electrons. The first-order valence-corrected chi connectivity index (χ1v) is 14.9. The normalized spacial score (nSPS) is 15.9. The molecule has 6 nitrogen and oxygen atoms in total. The van der Waals surface area contributed by atoms with E-state index in [1.165, 1.54) is 9.18 Å². The minimum Gasteiger partial charge on any atom is -0.330 e. The molecule has 2 aromatic carbocycles. The van der Waals surface area contributed by atoms with Crippen LogP contribution in [0.3, 0.4) is 0 Å². The lowest BCUT2D eigenvalue weighted by molar-refractivity contribution is -0.133. The number of hydrogen-bond acceptors (Lipinski definition) is 5. The first kappa shape index (κ1) is 25.9. The average Bonchev–Trinajstić information content (AvgIpc) is 3.36. The van der Waals surface area contributed by atoms with Crippen molar-refractivity contribution >= 4 is 49.8 Å². The summed E-state index contributed by atoms with van der Waals surface area (Å²) in [4.78, 5) is 21.4. The molecule has 1 aliphatic rings. The zero-order valence-electron chi connectivity index (χ0n) is 20.7. The molecule has 0 saturated heterocycles. The highest BCUT2D eigenvalue weighted by Crippen LogP contribution is 2.38. The van der Waals surface area contributed by atoms with E-state index in [0.29, 0.717) is 17.1 Å². The van der Waals surface area contributed by atoms with E-state index in [4.69, 9.17) is 11.6 Å². The first-order valence-electron chi connectivity index (χ1n) is 12.2. The van der Waals surface area contributed by atoms with Crippen LogP contribution in [0.2, 0.25) is 5.02 Å². The molecule has 3 heterocycles. The molecule has 0 unspecified atom stereocenters. The number of benzene rings is 2. The van der Waals surface area contributed by atoms with Crippen LogP contribution < -0.4 is 0 Å². The molecule has 0 fully saturated rings. The standard InChI is InChI=1S/C28H28ClN3O3S2/c1-19(2)17-31(37(34,35)25-7-3-5-20-6-4-14-30-27(20)25)18-26(33)32-15-12-24-23(13-16-36-24)28(32)21-8-10-22(29)11-9-21/h3-11,13-14,16,19,28H,12,15,17-18H2,1-2H3/t28-/m0/s1. The monoisotopic (exact) mass is 553 g/mol. The number of hydrogen-bond donors (Lipinski definition) is 0. The largest absolute Gasteiger partial charge is 0.330 e. The van der Waals surface area contributed by atoms with Crippen molar-refractivity contribution in [2.75, 3.05) is 19.6 Å². The number of nitrogens with zero attached hydrogens (tertiary/aromatic N) is 3. The third-order valence-electron chi connectivity index (χ3n) is 6.57. The Labute approximate surface area is 226 Å². The Morgan fingerprint density at radius 3 is 2.65 bits per heavy atom. The Kier molecular flexibility index (Phi) is 7.36. The van der Waals surface area contributed by atoms with Gasteiger partial charge in [0, 0.05) is 34.6 Å². The van der Waals surface area contributed by atoms with Crippen molar-refractivity contribution in [2.45, 2.75) is 31.2 Å². The van der Waals surface area contributed by atoms with Crippen molar-refractivity contribution in [3.05, 3.63) is 93.3 Å². The number of para-hydroxylation sites is 1. The van der Waals surface area contributed by atoms with E-state index >= 15 is 0 Å². The third-order valence-corrected chi connectivity index (χ3v) is 9.66. The summed E-state index contributed by atoms with van der Waals surface area (Å²) in [6.07, 6.45) is 2.33. The molecule has 4 aromatic rings. The van der Waals surface area contributed by atoms with Crippen molar-refractivity contribution in [1.29, 1.82) is 0 Å². The zero-order valence-corrected chi connectivity index (χ0v) is 23.1. The summed E-state index contributed by atoms with van der Waals surface area (Å²) in [6.45, 7) is 4.39. The molecular weight excluding hydrogens is 526 g/mol. The van der Waals surface area contributed by atoms with Gasteiger partial charge in [0.1, 0.15) is 4.90 Å². The number of rotatable bonds is 7. The van der Waals surface area contributed by atoms with Crippen LogP contribution >= 0.6 is 22.9 Å². The van der Waals surface area contributed by atoms with E-state index in [0.717, 1.165) is 22.9 Å². The second-order valence-electron chi connectivity index (χ2n) is 9.61. The lowest BCUT2D eigenvalue weighted by atomic mass is 9.93. The third kappa shape index (κ3) is 5.16. The zero-order chi connectivity index (χ0) is 26.2. The number of aromatic nitrogens is 1. The summed E-state index contributed by atoms with van der Waals surface area (Å²) < 4.78 is 29.2. The Balaban J connectivity index is 1.51. The smallest absolute Gasteiger partial charge is 0.245 e. The Bertz CT molecular complexity index is 1530. The molecule has 1 aliphatic heterocycles. The molecule has 5 rings (SSSR count). The van der Waals surface area contributed by atoms with Gasteiger partial charge in [-0.3, -0.25) is 9.78 Å². The van der Waals surface area contributed by atoms with Gasteiger partial charge >= 0.3 is 0 Å². The van der Waals surface area contributed by atoms with Crippen LogP contribution in [0.15, 0.2) is 77.1 Å². The van der Waals surface area contributed by atoms with Crippen LogP contribution in [-0.4, -0.2) is 48.1 Å². The molecular formula is C28H28ClN3O3S2. The molecule has 0 N–H and O–H groups in total. The van der Waals surface area contributed by atoms with Gasteiger partial charge in [-0.2, -0.15) is 4.31 Å². The summed E-state index contributed by atoms with van der Waals surface area (Å²) in [5, 5.41) is 3.41. The molecule has 1 atom stereocenters. The fourth-order valence-electron chi connectivity index (χ4n) is 4.91. The summed E-state index contributed by atoms with van der Waals surface area (Å²) in [5.74, 6) is -0.198. The molecule has 9 heteroatoms. The van der Waals surface area contributed by atoms with Gasteiger partial charge in [-0.1, -0.05) is 55.8 Å². The van der Waals surface area contributed by atoms with E-state index in [1.807, 2.05) is 60.5 Å². The van der Waals surface area contributed by atoms with Gasteiger partial charge in [0.05, 0.1) is 18.1 Å². The molecule has 0 spiro atoms. The van der Waals surface area contributed by atoms with Gasteiger partial charge in [-0.25, -0.2) is 8.42 Å². The molecule has 1 amide bonds. The number of amides is 1. The molecule has 2 aromatic heterocycles. The average molecular weight is 554 g/mol. The Hall–Kier alpha value is -2.78. The number of sulfonamides is 1. The highest BCUT2D eigenvalue weighted by molar-refractivity contribution is 7.89. The summed E-state index contributed by atoms with van der Waals surface area (Å²) >= 11 is 7.83. The number of pyridine rings is 1. The summed E-state index contributed by atoms with van der Waals surface area (Å²) in [6, 6.07) is 18.0. The maximum atomic E-state index is 13.9. The quantitative estimate of drug-likeness (QED) is 0.291. The number of carbonyl (C=O) groups excluding carboxylic acids is 1. The van der Waals surface area contributed by atoms with Crippen LogP contribution in [0.25, 0.3) is 10.9 Å². The van der Waals surface area contributed by atoms with E-state index < -0.39 is 10.0 Å². The molecule has 0 bridgehead atoms. The van der Waals surface area contributed by atoms with Crippen LogP contribution in [-0.2, 0) is 21.2 Å². The maximum Gasteiger partial charge on any atom is 0.245 e. The summed E-state index contributed by atoms with van der Waals surface area (Å²) in [5.41, 5.74) is 2.45. The van der Waals surface area contributed by atoms with Gasteiger partial charge in [0.2, 0.25) is 15.9 Å². The van der Waals surface area contributed by atoms with Crippen molar-refractivity contribution in [2.24, 2.45) is 5.92 Å². The Morgan fingerprint density at radius 2 is 1.89 bits per heavy atom. The van der Waals surface area contributed by atoms with E-state index in [2.05, 4.69) is 11.1 Å². The number of thiophene rings is 1. The minimum absolute atomic E-state index is 0.0300. The van der Waals surface area contributed by atoms with Gasteiger partial charge < -0.3 is 4.90 Å². The lowest BCUT2D eigenvalue weighted by Crippen LogP contribution is -2.47. The predicted octanol–water partition coefficient (Wildman–Crippen LogP) is 5.77. The molecule has 0 saturated carbocycles. The predicted molar refractivity (Wildman–Crippen MR) is 148 cm³/mol. The van der Waals surface area contributed by atoms with Gasteiger partial charge in [0.15, 0.2) is 0 Å². The van der Waals surface area contributed by atoms with Crippen LogP contribution in [0.1, 0.15) is 35.9 Å². The second-order valence-corrected chi connectivity index (χ2v) is 13.0. The van der Waals surface area contributed by atoms with E-state index in [1.54, 1.807) is 35.7 Å². The van der Waals surface area contributed by atoms with Crippen LogP contribution in [0.5, 0.6) is 0 Å². The first-order chi connectivity index (χ1) is 17.8. The van der Waals surface area contributed by atoms with Crippen molar-refractivity contribution in [3.63, 3.8) is 0 Å². The van der Waals surface area contributed by atoms with Crippen LogP contribution in [0.4, 0.5) is 0 Å². The Morgan fingerprint density at radius 1 is 1.14 bits per heavy atom. The van der Waals surface area contributed by atoms with Gasteiger partial charge in [0.25, 0.3) is 0 Å². The van der Waals surface area contributed by atoms with E-state index in [9.17, 15) is 13.2 Å². The lowest BCUT2D eigenvalue weighted by Gasteiger charge is -2.37. The molecule has 0 aliphatic carbocycles. The highest BCUT2D eigenvalue weighted by atomic mass is 35.5. The number of carbonyl (C=O) groups is 1. The summed E-state index contributed by atoms with van der Waals surface area (Å²) in [7, 11) is -3.99. The highest BCUT2D eigenvalue weighted by Gasteiger charge is 2.36. The SMILES string of the molecule is CC(C)CN(CC(=O)N1CCc2sccc2[C@@H]1c1ccc(Cl)cc1)S(=O)(=O)c1cccc2cccnc12. The minimum atomic E-state index is -3.99. The van der Waals surface area contributed by atoms with E-state index in [-0.39, 0.29) is 35.9 Å². The van der Waals surface area contributed by atoms with Crippen molar-refractivity contribution in [1.82, 2.24) is 14.2 Å². The molecule has 37 heavy (non-hydrogen) atoms. The number of fused-ring (bicyclic) bond motifs is 2. The molecule has 192 valence electrons. The fraction of sp³-hybridized carbons (Fsp3) is 0.286.